The first kappa shape index (κ1) is 13.9. The summed E-state index contributed by atoms with van der Waals surface area (Å²) < 4.78 is 13.7. The number of hydrogen-bond acceptors (Lipinski definition) is 4. The van der Waals surface area contributed by atoms with Gasteiger partial charge in [0.2, 0.25) is 0 Å². The van der Waals surface area contributed by atoms with Gasteiger partial charge in [0.05, 0.1) is 17.1 Å². The van der Waals surface area contributed by atoms with Crippen molar-refractivity contribution >= 4 is 11.7 Å². The zero-order valence-corrected chi connectivity index (χ0v) is 11.1. The monoisotopic (exact) mass is 275 g/mol. The van der Waals surface area contributed by atoms with Crippen molar-refractivity contribution in [3.63, 3.8) is 0 Å². The van der Waals surface area contributed by atoms with E-state index >= 15 is 0 Å². The summed E-state index contributed by atoms with van der Waals surface area (Å²) in [4.78, 5) is 19.7. The lowest BCUT2D eigenvalue weighted by Gasteiger charge is -2.27. The number of rotatable bonds is 4. The molecule has 1 aromatic carbocycles. The molecule has 1 heterocycles. The molecule has 20 heavy (non-hydrogen) atoms. The Morgan fingerprint density at radius 1 is 1.30 bits per heavy atom. The number of aliphatic carboxylic acids is 1. The molecule has 0 aliphatic rings. The van der Waals surface area contributed by atoms with Gasteiger partial charge < -0.3 is 10.4 Å². The van der Waals surface area contributed by atoms with Crippen molar-refractivity contribution in [3.05, 3.63) is 53.9 Å². The summed E-state index contributed by atoms with van der Waals surface area (Å²) in [5, 5.41) is 12.2. The van der Waals surface area contributed by atoms with E-state index in [-0.39, 0.29) is 11.4 Å². The molecule has 1 atom stereocenters. The largest absolute Gasteiger partial charge is 0.479 e. The van der Waals surface area contributed by atoms with E-state index in [1.54, 1.807) is 13.0 Å². The van der Waals surface area contributed by atoms with Crippen LogP contribution in [0.3, 0.4) is 0 Å². The highest BCUT2D eigenvalue weighted by Gasteiger charge is 2.39. The molecular formula is C14H14FN3O2. The third-order valence-electron chi connectivity index (χ3n) is 3.04. The molecule has 0 aliphatic carbocycles. The molecule has 0 radical (unpaired) electrons. The van der Waals surface area contributed by atoms with Gasteiger partial charge >= 0.3 is 5.97 Å². The third-order valence-corrected chi connectivity index (χ3v) is 3.04. The highest BCUT2D eigenvalue weighted by atomic mass is 19.1. The molecule has 6 heteroatoms. The van der Waals surface area contributed by atoms with Gasteiger partial charge in [0.15, 0.2) is 5.54 Å². The molecule has 0 bridgehead atoms. The van der Waals surface area contributed by atoms with Gasteiger partial charge in [0, 0.05) is 12.4 Å². The molecule has 104 valence electrons. The smallest absolute Gasteiger partial charge is 0.335 e. The second-order valence-corrected chi connectivity index (χ2v) is 4.53. The second-order valence-electron chi connectivity index (χ2n) is 4.53. The zero-order valence-electron chi connectivity index (χ0n) is 11.1. The van der Waals surface area contributed by atoms with Gasteiger partial charge in [-0.25, -0.2) is 9.18 Å². The number of benzene rings is 1. The summed E-state index contributed by atoms with van der Waals surface area (Å²) >= 11 is 0. The van der Waals surface area contributed by atoms with Crippen LogP contribution in [0.1, 0.15) is 18.3 Å². The van der Waals surface area contributed by atoms with Crippen molar-refractivity contribution in [2.24, 2.45) is 0 Å². The molecule has 2 N–H and O–H groups in total. The van der Waals surface area contributed by atoms with E-state index < -0.39 is 17.3 Å². The Labute approximate surface area is 115 Å². The van der Waals surface area contributed by atoms with Crippen molar-refractivity contribution in [2.75, 3.05) is 5.32 Å². The van der Waals surface area contributed by atoms with Crippen LogP contribution >= 0.6 is 0 Å². The molecule has 0 saturated carbocycles. The number of nitrogens with zero attached hydrogens (tertiary/aromatic N) is 2. The lowest BCUT2D eigenvalue weighted by atomic mass is 9.95. The van der Waals surface area contributed by atoms with Gasteiger partial charge in [-0.15, -0.1) is 0 Å². The number of aryl methyl sites for hydroxylation is 1. The van der Waals surface area contributed by atoms with Crippen LogP contribution in [0.25, 0.3) is 0 Å². The number of nitrogens with one attached hydrogen (secondary N) is 1. The fourth-order valence-corrected chi connectivity index (χ4v) is 1.94. The van der Waals surface area contributed by atoms with Crippen molar-refractivity contribution in [2.45, 2.75) is 19.4 Å². The Bertz CT molecular complexity index is 648. The lowest BCUT2D eigenvalue weighted by molar-refractivity contribution is -0.142. The van der Waals surface area contributed by atoms with Crippen molar-refractivity contribution in [3.8, 4) is 0 Å². The average Bonchev–Trinajstić information content (AvgIpc) is 2.41. The van der Waals surface area contributed by atoms with Gasteiger partial charge in [-0.2, -0.15) is 0 Å². The molecule has 0 saturated heterocycles. The van der Waals surface area contributed by atoms with Crippen LogP contribution < -0.4 is 5.32 Å². The van der Waals surface area contributed by atoms with Crippen LogP contribution in [0.4, 0.5) is 10.1 Å². The van der Waals surface area contributed by atoms with Crippen LogP contribution in [0, 0.1) is 12.7 Å². The van der Waals surface area contributed by atoms with Crippen LogP contribution in [0.15, 0.2) is 36.7 Å². The van der Waals surface area contributed by atoms with E-state index in [0.717, 1.165) is 0 Å². The summed E-state index contributed by atoms with van der Waals surface area (Å²) in [5.41, 5.74) is -0.750. The van der Waals surface area contributed by atoms with Crippen LogP contribution in [0.2, 0.25) is 0 Å². The first-order valence-corrected chi connectivity index (χ1v) is 5.99. The molecule has 0 fully saturated rings. The van der Waals surface area contributed by atoms with E-state index in [1.807, 2.05) is 0 Å². The maximum atomic E-state index is 13.7. The summed E-state index contributed by atoms with van der Waals surface area (Å²) in [6.45, 7) is 3.09. The summed E-state index contributed by atoms with van der Waals surface area (Å²) in [6.07, 6.45) is 2.89. The molecule has 1 unspecified atom stereocenters. The SMILES string of the molecule is Cc1nccnc1C(C)(Nc1ccccc1F)C(=O)O. The Morgan fingerprint density at radius 2 is 1.95 bits per heavy atom. The van der Waals surface area contributed by atoms with E-state index in [4.69, 9.17) is 0 Å². The number of carboxylic acid groups (broad SMARTS) is 1. The molecule has 0 aliphatic heterocycles. The minimum absolute atomic E-state index is 0.0995. The number of aromatic nitrogens is 2. The van der Waals surface area contributed by atoms with E-state index in [0.29, 0.717) is 5.69 Å². The molecule has 1 aromatic heterocycles. The van der Waals surface area contributed by atoms with E-state index in [9.17, 15) is 14.3 Å². The average molecular weight is 275 g/mol. The maximum Gasteiger partial charge on any atom is 0.335 e. The highest BCUT2D eigenvalue weighted by molar-refractivity contribution is 5.83. The number of hydrogen-bond donors (Lipinski definition) is 2. The fraction of sp³-hybridized carbons (Fsp3) is 0.214. The van der Waals surface area contributed by atoms with Crippen molar-refractivity contribution in [1.82, 2.24) is 9.97 Å². The van der Waals surface area contributed by atoms with Gasteiger partial charge in [0.1, 0.15) is 5.82 Å². The predicted octanol–water partition coefficient (Wildman–Crippen LogP) is 2.34. The van der Waals surface area contributed by atoms with Crippen LogP contribution in [-0.2, 0) is 10.3 Å². The minimum Gasteiger partial charge on any atom is -0.479 e. The highest BCUT2D eigenvalue weighted by Crippen LogP contribution is 2.27. The Morgan fingerprint density at radius 3 is 2.55 bits per heavy atom. The summed E-state index contributed by atoms with van der Waals surface area (Å²) in [6, 6.07) is 5.89. The van der Waals surface area contributed by atoms with Gasteiger partial charge in [-0.05, 0) is 26.0 Å². The Balaban J connectivity index is 2.49. The van der Waals surface area contributed by atoms with Gasteiger partial charge in [-0.3, -0.25) is 9.97 Å². The Kier molecular flexibility index (Phi) is 3.65. The maximum absolute atomic E-state index is 13.7. The molecule has 5 nitrogen and oxygen atoms in total. The van der Waals surface area contributed by atoms with E-state index in [1.165, 1.54) is 37.5 Å². The predicted molar refractivity (Wildman–Crippen MR) is 71.8 cm³/mol. The quantitative estimate of drug-likeness (QED) is 0.895. The standard InChI is InChI=1S/C14H14FN3O2/c1-9-12(17-8-7-16-9)14(2,13(19)20)18-11-6-4-3-5-10(11)15/h3-8,18H,1-2H3,(H,19,20). The molecule has 2 aromatic rings. The van der Waals surface area contributed by atoms with Crippen LogP contribution in [0.5, 0.6) is 0 Å². The summed E-state index contributed by atoms with van der Waals surface area (Å²) in [7, 11) is 0. The van der Waals surface area contributed by atoms with Crippen LogP contribution in [-0.4, -0.2) is 21.0 Å². The van der Waals surface area contributed by atoms with Gasteiger partial charge in [0.25, 0.3) is 0 Å². The number of carboxylic acids is 1. The first-order chi connectivity index (χ1) is 9.45. The van der Waals surface area contributed by atoms with E-state index in [2.05, 4.69) is 15.3 Å². The number of halogens is 1. The number of carbonyl (C=O) groups is 1. The molecule has 0 spiro atoms. The Hall–Kier alpha value is -2.50. The number of para-hydroxylation sites is 1. The third kappa shape index (κ3) is 2.45. The first-order valence-electron chi connectivity index (χ1n) is 5.99. The molecule has 0 amide bonds. The van der Waals surface area contributed by atoms with Crippen molar-refractivity contribution in [1.29, 1.82) is 0 Å². The molecular weight excluding hydrogens is 261 g/mol. The number of anilines is 1. The molecule has 2 rings (SSSR count). The lowest BCUT2D eigenvalue weighted by Crippen LogP contribution is -2.42. The van der Waals surface area contributed by atoms with Crippen molar-refractivity contribution < 1.29 is 14.3 Å². The second kappa shape index (κ2) is 5.24. The minimum atomic E-state index is -1.57. The normalized spacial score (nSPS) is 13.6. The van der Waals surface area contributed by atoms with Gasteiger partial charge in [-0.1, -0.05) is 12.1 Å². The summed E-state index contributed by atoms with van der Waals surface area (Å²) in [5.74, 6) is -1.69. The zero-order chi connectivity index (χ0) is 14.8. The topological polar surface area (TPSA) is 75.1 Å². The fourth-order valence-electron chi connectivity index (χ4n) is 1.94.